The van der Waals surface area contributed by atoms with Crippen LogP contribution >= 0.6 is 11.6 Å². The smallest absolute Gasteiger partial charge is 0.261 e. The number of hydrogen-bond donors (Lipinski definition) is 1. The molecule has 0 fully saturated rings. The van der Waals surface area contributed by atoms with Crippen LogP contribution in [-0.2, 0) is 4.74 Å². The molecule has 1 atom stereocenters. The molecule has 1 aliphatic rings. The van der Waals surface area contributed by atoms with Crippen molar-refractivity contribution in [1.82, 2.24) is 10.2 Å². The summed E-state index contributed by atoms with van der Waals surface area (Å²) in [6, 6.07) is 21.1. The number of fused-ring (bicyclic) bond motifs is 1. The predicted molar refractivity (Wildman–Crippen MR) is 126 cm³/mol. The van der Waals surface area contributed by atoms with Crippen molar-refractivity contribution >= 4 is 29.3 Å². The van der Waals surface area contributed by atoms with Gasteiger partial charge in [-0.15, -0.1) is 0 Å². The lowest BCUT2D eigenvalue weighted by Gasteiger charge is -2.20. The summed E-state index contributed by atoms with van der Waals surface area (Å²) in [6.07, 6.45) is 0.551. The van der Waals surface area contributed by atoms with Crippen LogP contribution in [0.2, 0.25) is 5.02 Å². The first-order chi connectivity index (χ1) is 16.0. The lowest BCUT2D eigenvalue weighted by atomic mass is 9.98. The van der Waals surface area contributed by atoms with Crippen molar-refractivity contribution in [3.05, 3.63) is 106 Å². The van der Waals surface area contributed by atoms with E-state index in [-0.39, 0.29) is 23.9 Å². The average Bonchev–Trinajstić information content (AvgIpc) is 3.08. The summed E-state index contributed by atoms with van der Waals surface area (Å²) in [4.78, 5) is 39.8. The monoisotopic (exact) mass is 462 g/mol. The summed E-state index contributed by atoms with van der Waals surface area (Å²) in [5.74, 6) is -1.08. The van der Waals surface area contributed by atoms with Gasteiger partial charge in [0.1, 0.15) is 0 Å². The fourth-order valence-corrected chi connectivity index (χ4v) is 4.00. The van der Waals surface area contributed by atoms with Gasteiger partial charge in [0, 0.05) is 30.8 Å². The number of hydrogen-bond acceptors (Lipinski definition) is 4. The molecule has 1 aliphatic heterocycles. The van der Waals surface area contributed by atoms with E-state index in [1.165, 1.54) is 11.0 Å². The molecule has 0 saturated heterocycles. The number of carbonyl (C=O) groups excluding carboxylic acids is 3. The Labute approximate surface area is 197 Å². The number of rotatable bonds is 8. The Morgan fingerprint density at radius 2 is 1.61 bits per heavy atom. The van der Waals surface area contributed by atoms with E-state index < -0.39 is 11.9 Å². The number of carbonyl (C=O) groups is 3. The standard InChI is InChI=1S/C26H23ClN2O4/c1-33-15-5-14-29-25(31)21-13-10-19(16-22(21)26(29)32)24(30)28-23(17-6-3-2-4-7-17)18-8-11-20(27)12-9-18/h2-4,6-13,16,23H,5,14-15H2,1H3,(H,28,30). The second kappa shape index (κ2) is 9.98. The molecule has 1 unspecified atom stereocenters. The Kier molecular flexibility index (Phi) is 6.87. The highest BCUT2D eigenvalue weighted by Gasteiger charge is 2.35. The van der Waals surface area contributed by atoms with Crippen LogP contribution in [0.4, 0.5) is 0 Å². The number of nitrogens with one attached hydrogen (secondary N) is 1. The predicted octanol–water partition coefficient (Wildman–Crippen LogP) is 4.49. The minimum atomic E-state index is -0.410. The second-order valence-corrected chi connectivity index (χ2v) is 8.17. The van der Waals surface area contributed by atoms with E-state index in [1.807, 2.05) is 42.5 Å². The van der Waals surface area contributed by atoms with Gasteiger partial charge in [-0.05, 0) is 47.9 Å². The van der Waals surface area contributed by atoms with E-state index in [9.17, 15) is 14.4 Å². The summed E-state index contributed by atoms with van der Waals surface area (Å²) < 4.78 is 5.01. The van der Waals surface area contributed by atoms with Gasteiger partial charge in [-0.3, -0.25) is 19.3 Å². The third-order valence-corrected chi connectivity index (χ3v) is 5.83. The van der Waals surface area contributed by atoms with Crippen molar-refractivity contribution in [2.75, 3.05) is 20.3 Å². The molecule has 7 heteroatoms. The van der Waals surface area contributed by atoms with Crippen molar-refractivity contribution in [3.63, 3.8) is 0 Å². The molecule has 3 amide bonds. The highest BCUT2D eigenvalue weighted by atomic mass is 35.5. The van der Waals surface area contributed by atoms with Crippen molar-refractivity contribution in [2.45, 2.75) is 12.5 Å². The van der Waals surface area contributed by atoms with Crippen molar-refractivity contribution in [2.24, 2.45) is 0 Å². The van der Waals surface area contributed by atoms with Crippen LogP contribution in [0.15, 0.2) is 72.8 Å². The zero-order valence-corrected chi connectivity index (χ0v) is 18.8. The molecule has 1 N–H and O–H groups in total. The van der Waals surface area contributed by atoms with Crippen LogP contribution in [0.1, 0.15) is 54.7 Å². The largest absolute Gasteiger partial charge is 0.385 e. The number of nitrogens with zero attached hydrogens (tertiary/aromatic N) is 1. The third-order valence-electron chi connectivity index (χ3n) is 5.57. The van der Waals surface area contributed by atoms with E-state index in [1.54, 1.807) is 31.4 Å². The zero-order valence-electron chi connectivity index (χ0n) is 18.1. The Bertz CT molecular complexity index is 1180. The minimum Gasteiger partial charge on any atom is -0.385 e. The van der Waals surface area contributed by atoms with Gasteiger partial charge in [-0.25, -0.2) is 0 Å². The van der Waals surface area contributed by atoms with Gasteiger partial charge >= 0.3 is 0 Å². The van der Waals surface area contributed by atoms with Crippen molar-refractivity contribution in [1.29, 1.82) is 0 Å². The van der Waals surface area contributed by atoms with Gasteiger partial charge in [0.05, 0.1) is 17.2 Å². The minimum absolute atomic E-state index is 0.243. The topological polar surface area (TPSA) is 75.7 Å². The van der Waals surface area contributed by atoms with Gasteiger partial charge in [0.25, 0.3) is 17.7 Å². The number of halogens is 1. The highest BCUT2D eigenvalue weighted by molar-refractivity contribution is 6.30. The van der Waals surface area contributed by atoms with Crippen molar-refractivity contribution < 1.29 is 19.1 Å². The first-order valence-electron chi connectivity index (χ1n) is 10.6. The van der Waals surface area contributed by atoms with E-state index in [0.29, 0.717) is 29.2 Å². The number of methoxy groups -OCH3 is 1. The quantitative estimate of drug-likeness (QED) is 0.395. The van der Waals surface area contributed by atoms with Crippen molar-refractivity contribution in [3.8, 4) is 0 Å². The number of imide groups is 1. The Balaban J connectivity index is 1.59. The first-order valence-corrected chi connectivity index (χ1v) is 11.0. The molecule has 0 aromatic heterocycles. The van der Waals surface area contributed by atoms with E-state index in [0.717, 1.165) is 11.1 Å². The van der Waals surface area contributed by atoms with E-state index in [2.05, 4.69) is 5.32 Å². The number of benzene rings is 3. The molecule has 3 aromatic rings. The normalized spacial score (nSPS) is 13.7. The lowest BCUT2D eigenvalue weighted by molar-refractivity contribution is 0.0638. The maximum atomic E-state index is 13.2. The van der Waals surface area contributed by atoms with Crippen LogP contribution in [0.3, 0.4) is 0 Å². The second-order valence-electron chi connectivity index (χ2n) is 7.74. The molecule has 33 heavy (non-hydrogen) atoms. The lowest BCUT2D eigenvalue weighted by Crippen LogP contribution is -2.31. The van der Waals surface area contributed by atoms with Crippen LogP contribution in [0.5, 0.6) is 0 Å². The summed E-state index contributed by atoms with van der Waals surface area (Å²) in [6.45, 7) is 0.723. The zero-order chi connectivity index (χ0) is 23.4. The molecule has 4 rings (SSSR count). The van der Waals surface area contributed by atoms with Gasteiger partial charge in [0.2, 0.25) is 0 Å². The molecule has 0 bridgehead atoms. The van der Waals surface area contributed by atoms with Gasteiger partial charge in [0.15, 0.2) is 0 Å². The Morgan fingerprint density at radius 3 is 2.30 bits per heavy atom. The first kappa shape index (κ1) is 22.7. The van der Waals surface area contributed by atoms with Gasteiger partial charge < -0.3 is 10.1 Å². The number of ether oxygens (including phenoxy) is 1. The molecule has 0 radical (unpaired) electrons. The Morgan fingerprint density at radius 1 is 0.939 bits per heavy atom. The molecular weight excluding hydrogens is 440 g/mol. The fraction of sp³-hybridized carbons (Fsp3) is 0.192. The van der Waals surface area contributed by atoms with Crippen LogP contribution in [0.25, 0.3) is 0 Å². The molecule has 168 valence electrons. The fourth-order valence-electron chi connectivity index (χ4n) is 3.88. The molecular formula is C26H23ClN2O4. The summed E-state index contributed by atoms with van der Waals surface area (Å²) >= 11 is 6.04. The SMILES string of the molecule is COCCCN1C(=O)c2ccc(C(=O)NC(c3ccccc3)c3ccc(Cl)cc3)cc2C1=O. The molecule has 0 spiro atoms. The molecule has 0 aliphatic carbocycles. The molecule has 6 nitrogen and oxygen atoms in total. The summed E-state index contributed by atoms with van der Waals surface area (Å²) in [5, 5.41) is 3.65. The van der Waals surface area contributed by atoms with E-state index >= 15 is 0 Å². The van der Waals surface area contributed by atoms with Gasteiger partial charge in [-0.2, -0.15) is 0 Å². The number of amides is 3. The average molecular weight is 463 g/mol. The van der Waals surface area contributed by atoms with Crippen LogP contribution < -0.4 is 5.32 Å². The van der Waals surface area contributed by atoms with Gasteiger partial charge in [-0.1, -0.05) is 54.1 Å². The molecule has 3 aromatic carbocycles. The summed E-state index contributed by atoms with van der Waals surface area (Å²) in [7, 11) is 1.57. The maximum absolute atomic E-state index is 13.2. The highest BCUT2D eigenvalue weighted by Crippen LogP contribution is 2.27. The molecule has 1 heterocycles. The Hall–Kier alpha value is -3.48. The third kappa shape index (κ3) is 4.82. The van der Waals surface area contributed by atoms with Crippen LogP contribution in [-0.4, -0.2) is 42.9 Å². The molecule has 0 saturated carbocycles. The summed E-state index contributed by atoms with van der Waals surface area (Å²) in [5.41, 5.74) is 2.64. The maximum Gasteiger partial charge on any atom is 0.261 e. The van der Waals surface area contributed by atoms with Crippen LogP contribution in [0, 0.1) is 0 Å². The van der Waals surface area contributed by atoms with E-state index in [4.69, 9.17) is 16.3 Å².